The van der Waals surface area contributed by atoms with Crippen LogP contribution in [-0.2, 0) is 0 Å². The van der Waals surface area contributed by atoms with E-state index in [0.717, 1.165) is 24.8 Å². The van der Waals surface area contributed by atoms with E-state index in [-0.39, 0.29) is 0 Å². The van der Waals surface area contributed by atoms with Gasteiger partial charge in [-0.3, -0.25) is 0 Å². The minimum absolute atomic E-state index is 0.626. The average molecular weight is 270 g/mol. The number of hydrogen-bond donors (Lipinski definition) is 0. The number of rotatable bonds is 2. The van der Waals surface area contributed by atoms with Crippen LogP contribution in [0, 0.1) is 5.92 Å². The molecule has 4 heteroatoms. The van der Waals surface area contributed by atoms with E-state index in [0.29, 0.717) is 4.83 Å². The first-order valence-electron chi connectivity index (χ1n) is 5.44. The highest BCUT2D eigenvalue weighted by molar-refractivity contribution is 9.09. The van der Waals surface area contributed by atoms with Crippen molar-refractivity contribution in [1.29, 1.82) is 0 Å². The van der Waals surface area contributed by atoms with Gasteiger partial charge >= 0.3 is 0 Å². The third kappa shape index (κ3) is 2.68. The zero-order valence-electron chi connectivity index (χ0n) is 8.93. The quantitative estimate of drug-likeness (QED) is 0.773. The van der Waals surface area contributed by atoms with Gasteiger partial charge in [0.15, 0.2) is 5.82 Å². The lowest BCUT2D eigenvalue weighted by atomic mass is 9.94. The molecule has 0 amide bonds. The number of alkyl halides is 1. The van der Waals surface area contributed by atoms with Crippen molar-refractivity contribution < 1.29 is 0 Å². The zero-order valence-corrected chi connectivity index (χ0v) is 10.5. The minimum Gasteiger partial charge on any atom is -0.355 e. The molecule has 1 atom stereocenters. The molecule has 15 heavy (non-hydrogen) atoms. The SMILES string of the molecule is CC(Br)C1CCN(c2cccnn2)CC1. The largest absolute Gasteiger partial charge is 0.355 e. The Morgan fingerprint density at radius 2 is 2.20 bits per heavy atom. The van der Waals surface area contributed by atoms with Crippen LogP contribution in [-0.4, -0.2) is 28.1 Å². The fraction of sp³-hybridized carbons (Fsp3) is 0.636. The summed E-state index contributed by atoms with van der Waals surface area (Å²) in [7, 11) is 0. The average Bonchev–Trinajstić information content (AvgIpc) is 2.30. The molecule has 1 aliphatic heterocycles. The molecule has 82 valence electrons. The van der Waals surface area contributed by atoms with Gasteiger partial charge in [-0.2, -0.15) is 5.10 Å². The molecule has 1 aromatic heterocycles. The van der Waals surface area contributed by atoms with Crippen LogP contribution in [0.25, 0.3) is 0 Å². The maximum absolute atomic E-state index is 4.14. The Balaban J connectivity index is 1.94. The summed E-state index contributed by atoms with van der Waals surface area (Å²) in [6.45, 7) is 4.43. The van der Waals surface area contributed by atoms with Crippen LogP contribution in [0.3, 0.4) is 0 Å². The van der Waals surface area contributed by atoms with E-state index in [1.54, 1.807) is 6.20 Å². The number of hydrogen-bond acceptors (Lipinski definition) is 3. The lowest BCUT2D eigenvalue weighted by Crippen LogP contribution is -2.36. The van der Waals surface area contributed by atoms with Crippen LogP contribution in [0.15, 0.2) is 18.3 Å². The molecular formula is C11H16BrN3. The molecule has 0 radical (unpaired) electrons. The van der Waals surface area contributed by atoms with Gasteiger partial charge in [0.2, 0.25) is 0 Å². The van der Waals surface area contributed by atoms with Gasteiger partial charge in [0.1, 0.15) is 0 Å². The van der Waals surface area contributed by atoms with Gasteiger partial charge < -0.3 is 4.90 Å². The summed E-state index contributed by atoms with van der Waals surface area (Å²) in [6.07, 6.45) is 4.20. The summed E-state index contributed by atoms with van der Waals surface area (Å²) in [6, 6.07) is 3.98. The number of piperidine rings is 1. The van der Waals surface area contributed by atoms with Crippen molar-refractivity contribution in [1.82, 2.24) is 10.2 Å². The Labute approximate surface area is 99.0 Å². The maximum atomic E-state index is 4.14. The first kappa shape index (κ1) is 10.9. The molecule has 2 heterocycles. The minimum atomic E-state index is 0.626. The van der Waals surface area contributed by atoms with Crippen molar-refractivity contribution in [2.45, 2.75) is 24.6 Å². The lowest BCUT2D eigenvalue weighted by Gasteiger charge is -2.33. The highest BCUT2D eigenvalue weighted by Gasteiger charge is 2.22. The molecule has 0 saturated carbocycles. The predicted octanol–water partition coefficient (Wildman–Crippen LogP) is 2.48. The summed E-state index contributed by atoms with van der Waals surface area (Å²) in [5, 5.41) is 8.05. The molecular weight excluding hydrogens is 254 g/mol. The normalized spacial score (nSPS) is 20.3. The fourth-order valence-corrected chi connectivity index (χ4v) is 2.58. The monoisotopic (exact) mass is 269 g/mol. The Morgan fingerprint density at radius 1 is 1.47 bits per heavy atom. The Bertz CT molecular complexity index is 294. The number of nitrogens with zero attached hydrogens (tertiary/aromatic N) is 3. The summed E-state index contributed by atoms with van der Waals surface area (Å²) >= 11 is 3.67. The van der Waals surface area contributed by atoms with E-state index >= 15 is 0 Å². The van der Waals surface area contributed by atoms with Gasteiger partial charge in [-0.25, -0.2) is 0 Å². The van der Waals surface area contributed by atoms with Gasteiger partial charge in [0.25, 0.3) is 0 Å². The summed E-state index contributed by atoms with van der Waals surface area (Å²) in [5.74, 6) is 1.82. The lowest BCUT2D eigenvalue weighted by molar-refractivity contribution is 0.405. The number of halogens is 1. The van der Waals surface area contributed by atoms with E-state index < -0.39 is 0 Å². The second-order valence-electron chi connectivity index (χ2n) is 4.08. The van der Waals surface area contributed by atoms with Crippen LogP contribution in [0.4, 0.5) is 5.82 Å². The van der Waals surface area contributed by atoms with Gasteiger partial charge in [-0.15, -0.1) is 5.10 Å². The molecule has 2 rings (SSSR count). The third-order valence-electron chi connectivity index (χ3n) is 3.07. The van der Waals surface area contributed by atoms with E-state index in [4.69, 9.17) is 0 Å². The standard InChI is InChI=1S/C11H16BrN3/c1-9(12)10-4-7-15(8-5-10)11-3-2-6-13-14-11/h2-3,6,9-10H,4-5,7-8H2,1H3. The first-order chi connectivity index (χ1) is 7.27. The number of anilines is 1. The fourth-order valence-electron chi connectivity index (χ4n) is 2.05. The molecule has 3 nitrogen and oxygen atoms in total. The molecule has 0 spiro atoms. The summed E-state index contributed by atoms with van der Waals surface area (Å²) in [4.78, 5) is 2.94. The van der Waals surface area contributed by atoms with Crippen molar-refractivity contribution in [2.24, 2.45) is 5.92 Å². The van der Waals surface area contributed by atoms with E-state index in [9.17, 15) is 0 Å². The maximum Gasteiger partial charge on any atom is 0.151 e. The second kappa shape index (κ2) is 4.92. The second-order valence-corrected chi connectivity index (χ2v) is 5.53. The Hall–Kier alpha value is -0.640. The van der Waals surface area contributed by atoms with Gasteiger partial charge in [0, 0.05) is 24.1 Å². The molecule has 1 aromatic rings. The van der Waals surface area contributed by atoms with E-state index in [1.807, 2.05) is 12.1 Å². The van der Waals surface area contributed by atoms with Crippen LogP contribution in [0.1, 0.15) is 19.8 Å². The van der Waals surface area contributed by atoms with Crippen molar-refractivity contribution in [3.8, 4) is 0 Å². The Morgan fingerprint density at radius 3 is 2.73 bits per heavy atom. The molecule has 0 aliphatic carbocycles. The highest BCUT2D eigenvalue weighted by atomic mass is 79.9. The van der Waals surface area contributed by atoms with Crippen LogP contribution in [0.2, 0.25) is 0 Å². The molecule has 1 unspecified atom stereocenters. The van der Waals surface area contributed by atoms with Gasteiger partial charge in [0.05, 0.1) is 0 Å². The summed E-state index contributed by atoms with van der Waals surface area (Å²) in [5.41, 5.74) is 0. The molecule has 0 bridgehead atoms. The molecule has 0 N–H and O–H groups in total. The van der Waals surface area contributed by atoms with Gasteiger partial charge in [-0.1, -0.05) is 22.9 Å². The van der Waals surface area contributed by atoms with E-state index in [1.165, 1.54) is 12.8 Å². The zero-order chi connectivity index (χ0) is 10.7. The van der Waals surface area contributed by atoms with Gasteiger partial charge in [-0.05, 0) is 30.9 Å². The molecule has 1 aliphatic rings. The predicted molar refractivity (Wildman–Crippen MR) is 65.4 cm³/mol. The van der Waals surface area contributed by atoms with Crippen LogP contribution in [0.5, 0.6) is 0 Å². The third-order valence-corrected chi connectivity index (χ3v) is 3.82. The molecule has 0 aromatic carbocycles. The van der Waals surface area contributed by atoms with Crippen molar-refractivity contribution in [2.75, 3.05) is 18.0 Å². The van der Waals surface area contributed by atoms with Crippen LogP contribution >= 0.6 is 15.9 Å². The molecule has 1 saturated heterocycles. The number of aromatic nitrogens is 2. The van der Waals surface area contributed by atoms with Crippen LogP contribution < -0.4 is 4.90 Å². The van der Waals surface area contributed by atoms with Crippen molar-refractivity contribution in [3.05, 3.63) is 18.3 Å². The smallest absolute Gasteiger partial charge is 0.151 e. The van der Waals surface area contributed by atoms with E-state index in [2.05, 4.69) is 38.0 Å². The highest BCUT2D eigenvalue weighted by Crippen LogP contribution is 2.26. The van der Waals surface area contributed by atoms with Crippen molar-refractivity contribution in [3.63, 3.8) is 0 Å². The first-order valence-corrected chi connectivity index (χ1v) is 6.35. The molecule has 1 fully saturated rings. The topological polar surface area (TPSA) is 29.0 Å². The summed E-state index contributed by atoms with van der Waals surface area (Å²) < 4.78 is 0. The van der Waals surface area contributed by atoms with Crippen molar-refractivity contribution >= 4 is 21.7 Å². The Kier molecular flexibility index (Phi) is 3.57.